The quantitative estimate of drug-likeness (QED) is 0.453. The zero-order chi connectivity index (χ0) is 21.1. The number of aryl methyl sites for hydroxylation is 1. The van der Waals surface area contributed by atoms with Crippen LogP contribution in [0.15, 0.2) is 36.4 Å². The third kappa shape index (κ3) is 4.96. The number of rotatable bonds is 5. The van der Waals surface area contributed by atoms with Crippen LogP contribution in [0.3, 0.4) is 0 Å². The van der Waals surface area contributed by atoms with Crippen molar-refractivity contribution in [2.24, 2.45) is 0 Å². The maximum absolute atomic E-state index is 12.7. The lowest BCUT2D eigenvalue weighted by atomic mass is 10.1. The molecular formula is C17H13F3N2O6. The zero-order valence-corrected chi connectivity index (χ0v) is 14.2. The summed E-state index contributed by atoms with van der Waals surface area (Å²) < 4.78 is 42.7. The maximum Gasteiger partial charge on any atom is 0.416 e. The minimum Gasteiger partial charge on any atom is -0.508 e. The van der Waals surface area contributed by atoms with E-state index in [4.69, 9.17) is 4.74 Å². The Morgan fingerprint density at radius 3 is 2.46 bits per heavy atom. The van der Waals surface area contributed by atoms with Gasteiger partial charge in [0, 0.05) is 6.07 Å². The molecule has 0 atom stereocenters. The van der Waals surface area contributed by atoms with Gasteiger partial charge in [-0.3, -0.25) is 14.9 Å². The number of nitrogens with one attached hydrogen (secondary N) is 1. The molecule has 11 heteroatoms. The van der Waals surface area contributed by atoms with E-state index in [2.05, 4.69) is 0 Å². The van der Waals surface area contributed by atoms with Crippen molar-refractivity contribution in [3.8, 4) is 5.75 Å². The Hall–Kier alpha value is -3.63. The number of ether oxygens (including phenoxy) is 1. The normalized spacial score (nSPS) is 11.0. The first-order valence-electron chi connectivity index (χ1n) is 7.61. The standard InChI is InChI=1S/C17H13F3N2O6/c1-9-2-3-10(6-14(9)23)16(25)28-8-15(24)21-12-5-4-11(17(18,19)20)7-13(12)22(26)27/h2-7,23H,8H2,1H3,(H,21,24). The second-order valence-corrected chi connectivity index (χ2v) is 5.61. The zero-order valence-electron chi connectivity index (χ0n) is 14.2. The highest BCUT2D eigenvalue weighted by Crippen LogP contribution is 2.34. The number of hydrogen-bond donors (Lipinski definition) is 2. The fourth-order valence-electron chi connectivity index (χ4n) is 2.10. The second-order valence-electron chi connectivity index (χ2n) is 5.61. The number of carbonyl (C=O) groups excluding carboxylic acids is 2. The number of benzene rings is 2. The molecule has 148 valence electrons. The van der Waals surface area contributed by atoms with Crippen LogP contribution in [-0.4, -0.2) is 28.5 Å². The Kier molecular flexibility index (Phi) is 5.87. The summed E-state index contributed by atoms with van der Waals surface area (Å²) in [6.45, 7) is 0.764. The van der Waals surface area contributed by atoms with Crippen molar-refractivity contribution >= 4 is 23.3 Å². The lowest BCUT2D eigenvalue weighted by Gasteiger charge is -2.10. The van der Waals surface area contributed by atoms with E-state index < -0.39 is 46.5 Å². The first kappa shape index (κ1) is 20.7. The van der Waals surface area contributed by atoms with Crippen LogP contribution in [0.5, 0.6) is 5.75 Å². The number of halogens is 3. The van der Waals surface area contributed by atoms with Crippen molar-refractivity contribution in [2.75, 3.05) is 11.9 Å². The topological polar surface area (TPSA) is 119 Å². The van der Waals surface area contributed by atoms with E-state index in [0.29, 0.717) is 11.6 Å². The van der Waals surface area contributed by atoms with Crippen molar-refractivity contribution < 1.29 is 37.5 Å². The summed E-state index contributed by atoms with van der Waals surface area (Å²) in [6.07, 6.45) is -4.79. The second kappa shape index (κ2) is 7.94. The minimum absolute atomic E-state index is 0.0311. The number of alkyl halides is 3. The molecule has 2 aromatic rings. The third-order valence-electron chi connectivity index (χ3n) is 3.58. The Labute approximate surface area is 155 Å². The van der Waals surface area contributed by atoms with Gasteiger partial charge in [-0.15, -0.1) is 0 Å². The van der Waals surface area contributed by atoms with Crippen molar-refractivity contribution in [1.82, 2.24) is 0 Å². The molecule has 2 N–H and O–H groups in total. The molecule has 2 aromatic carbocycles. The molecule has 0 saturated carbocycles. The molecule has 0 unspecified atom stereocenters. The van der Waals surface area contributed by atoms with E-state index in [1.54, 1.807) is 6.92 Å². The molecule has 0 aliphatic rings. The number of phenols is 1. The molecule has 28 heavy (non-hydrogen) atoms. The first-order valence-corrected chi connectivity index (χ1v) is 7.61. The summed E-state index contributed by atoms with van der Waals surface area (Å²) >= 11 is 0. The van der Waals surface area contributed by atoms with Crippen LogP contribution in [0.4, 0.5) is 24.5 Å². The molecule has 1 amide bonds. The Morgan fingerprint density at radius 2 is 1.89 bits per heavy atom. The average Bonchev–Trinajstić information content (AvgIpc) is 2.61. The van der Waals surface area contributed by atoms with Crippen molar-refractivity contribution in [2.45, 2.75) is 13.1 Å². The van der Waals surface area contributed by atoms with Gasteiger partial charge < -0.3 is 15.2 Å². The number of esters is 1. The molecule has 2 rings (SSSR count). The van der Waals surface area contributed by atoms with Crippen molar-refractivity contribution in [1.29, 1.82) is 0 Å². The highest BCUT2D eigenvalue weighted by atomic mass is 19.4. The Morgan fingerprint density at radius 1 is 1.21 bits per heavy atom. The van der Waals surface area contributed by atoms with Crippen molar-refractivity contribution in [3.05, 3.63) is 63.2 Å². The lowest BCUT2D eigenvalue weighted by Crippen LogP contribution is -2.21. The minimum atomic E-state index is -4.79. The van der Waals surface area contributed by atoms with Crippen LogP contribution in [0, 0.1) is 17.0 Å². The van der Waals surface area contributed by atoms with E-state index in [9.17, 15) is 38.0 Å². The van der Waals surface area contributed by atoms with Crippen LogP contribution in [-0.2, 0) is 15.7 Å². The van der Waals surface area contributed by atoms with E-state index in [1.165, 1.54) is 12.1 Å². The number of phenolic OH excluding ortho intramolecular Hbond substituents is 1. The van der Waals surface area contributed by atoms with E-state index in [-0.39, 0.29) is 17.4 Å². The number of hydrogen-bond acceptors (Lipinski definition) is 6. The number of aromatic hydroxyl groups is 1. The van der Waals surface area contributed by atoms with E-state index in [0.717, 1.165) is 12.1 Å². The molecule has 0 spiro atoms. The first-order chi connectivity index (χ1) is 13.0. The summed E-state index contributed by atoms with van der Waals surface area (Å²) in [5.74, 6) is -2.08. The number of carbonyl (C=O) groups is 2. The monoisotopic (exact) mass is 398 g/mol. The molecule has 0 bridgehead atoms. The number of nitro groups is 1. The summed E-state index contributed by atoms with van der Waals surface area (Å²) in [5.41, 5.74) is -2.20. The molecule has 0 heterocycles. The highest BCUT2D eigenvalue weighted by molar-refractivity contribution is 5.97. The third-order valence-corrected chi connectivity index (χ3v) is 3.58. The largest absolute Gasteiger partial charge is 0.508 e. The molecule has 0 radical (unpaired) electrons. The van der Waals surface area contributed by atoms with Crippen LogP contribution in [0.25, 0.3) is 0 Å². The number of nitrogens with zero attached hydrogens (tertiary/aromatic N) is 1. The highest BCUT2D eigenvalue weighted by Gasteiger charge is 2.33. The van der Waals surface area contributed by atoms with E-state index in [1.807, 2.05) is 5.32 Å². The van der Waals surface area contributed by atoms with Gasteiger partial charge in [0.05, 0.1) is 16.1 Å². The van der Waals surface area contributed by atoms with Gasteiger partial charge in [0.1, 0.15) is 11.4 Å². The van der Waals surface area contributed by atoms with Gasteiger partial charge in [0.25, 0.3) is 11.6 Å². The Balaban J connectivity index is 2.07. The van der Waals surface area contributed by atoms with Gasteiger partial charge in [0.2, 0.25) is 0 Å². The van der Waals surface area contributed by atoms with Crippen LogP contribution < -0.4 is 5.32 Å². The van der Waals surface area contributed by atoms with Crippen LogP contribution in [0.1, 0.15) is 21.5 Å². The SMILES string of the molecule is Cc1ccc(C(=O)OCC(=O)Nc2ccc(C(F)(F)F)cc2[N+](=O)[O-])cc1O. The number of nitro benzene ring substituents is 1. The summed E-state index contributed by atoms with van der Waals surface area (Å²) in [6, 6.07) is 5.54. The maximum atomic E-state index is 12.7. The molecule has 0 aliphatic heterocycles. The van der Waals surface area contributed by atoms with Gasteiger partial charge in [-0.05, 0) is 36.8 Å². The van der Waals surface area contributed by atoms with Crippen LogP contribution in [0.2, 0.25) is 0 Å². The van der Waals surface area contributed by atoms with Crippen LogP contribution >= 0.6 is 0 Å². The fraction of sp³-hybridized carbons (Fsp3) is 0.176. The summed E-state index contributed by atoms with van der Waals surface area (Å²) in [7, 11) is 0. The Bertz CT molecular complexity index is 943. The molecule has 0 saturated heterocycles. The summed E-state index contributed by atoms with van der Waals surface area (Å²) in [5, 5.41) is 22.5. The van der Waals surface area contributed by atoms with Gasteiger partial charge >= 0.3 is 12.1 Å². The molecule has 0 aromatic heterocycles. The molecule has 0 aliphatic carbocycles. The smallest absolute Gasteiger partial charge is 0.416 e. The number of amides is 1. The predicted molar refractivity (Wildman–Crippen MR) is 89.9 cm³/mol. The molecular weight excluding hydrogens is 385 g/mol. The fourth-order valence-corrected chi connectivity index (χ4v) is 2.10. The number of anilines is 1. The van der Waals surface area contributed by atoms with E-state index >= 15 is 0 Å². The lowest BCUT2D eigenvalue weighted by molar-refractivity contribution is -0.384. The van der Waals surface area contributed by atoms with Gasteiger partial charge in [-0.1, -0.05) is 6.07 Å². The average molecular weight is 398 g/mol. The molecule has 0 fully saturated rings. The predicted octanol–water partition coefficient (Wildman–Crippen LogP) is 3.42. The van der Waals surface area contributed by atoms with Crippen molar-refractivity contribution in [3.63, 3.8) is 0 Å². The van der Waals surface area contributed by atoms with Gasteiger partial charge in [0.15, 0.2) is 6.61 Å². The molecule has 8 nitrogen and oxygen atoms in total. The van der Waals surface area contributed by atoms with Gasteiger partial charge in [-0.2, -0.15) is 13.2 Å². The van der Waals surface area contributed by atoms with Gasteiger partial charge in [-0.25, -0.2) is 4.79 Å². The summed E-state index contributed by atoms with van der Waals surface area (Å²) in [4.78, 5) is 33.6.